The van der Waals surface area contributed by atoms with Gasteiger partial charge in [-0.05, 0) is 42.8 Å². The lowest BCUT2D eigenvalue weighted by Gasteiger charge is -2.17. The number of carbonyl (C=O) groups is 1. The smallest absolute Gasteiger partial charge is 0.316 e. The van der Waals surface area contributed by atoms with Crippen LogP contribution in [-0.2, 0) is 0 Å². The van der Waals surface area contributed by atoms with Crippen molar-refractivity contribution in [1.29, 1.82) is 0 Å². The van der Waals surface area contributed by atoms with E-state index in [1.807, 2.05) is 43.3 Å². The average molecular weight is 290 g/mol. The third-order valence-corrected chi connectivity index (χ3v) is 3.25. The summed E-state index contributed by atoms with van der Waals surface area (Å²) >= 11 is 6.17. The number of nitrogens with one attached hydrogen (secondary N) is 2. The van der Waals surface area contributed by atoms with Gasteiger partial charge in [-0.2, -0.15) is 0 Å². The highest BCUT2D eigenvalue weighted by atomic mass is 35.5. The Balaban J connectivity index is 2.06. The molecule has 0 aliphatic rings. The lowest BCUT2D eigenvalue weighted by Crippen LogP contribution is -2.19. The SMILES string of the molecule is CC(Nc1ccc(NC(N)=O)cc1)c1ccccc1Cl. The van der Waals surface area contributed by atoms with Gasteiger partial charge in [0, 0.05) is 22.4 Å². The van der Waals surface area contributed by atoms with Gasteiger partial charge in [0.05, 0.1) is 0 Å². The van der Waals surface area contributed by atoms with E-state index in [2.05, 4.69) is 10.6 Å². The number of halogens is 1. The molecule has 0 saturated heterocycles. The molecule has 2 aromatic rings. The second-order valence-corrected chi connectivity index (χ2v) is 4.86. The summed E-state index contributed by atoms with van der Waals surface area (Å²) in [5.74, 6) is 0. The number of primary amides is 1. The summed E-state index contributed by atoms with van der Waals surface area (Å²) in [6.45, 7) is 2.04. The molecular formula is C15H16ClN3O. The summed E-state index contributed by atoms with van der Waals surface area (Å²) in [7, 11) is 0. The molecule has 0 aromatic heterocycles. The van der Waals surface area contributed by atoms with Crippen molar-refractivity contribution in [2.75, 3.05) is 10.6 Å². The summed E-state index contributed by atoms with van der Waals surface area (Å²) in [4.78, 5) is 10.7. The first-order valence-corrected chi connectivity index (χ1v) is 6.61. The zero-order valence-corrected chi connectivity index (χ0v) is 11.8. The minimum atomic E-state index is -0.574. The first-order chi connectivity index (χ1) is 9.56. The Morgan fingerprint density at radius 3 is 2.30 bits per heavy atom. The average Bonchev–Trinajstić information content (AvgIpc) is 2.41. The van der Waals surface area contributed by atoms with E-state index in [1.54, 1.807) is 12.1 Å². The van der Waals surface area contributed by atoms with E-state index in [0.717, 1.165) is 16.3 Å². The first-order valence-electron chi connectivity index (χ1n) is 6.24. The van der Waals surface area contributed by atoms with Crippen molar-refractivity contribution in [3.8, 4) is 0 Å². The topological polar surface area (TPSA) is 67.2 Å². The Labute approximate surface area is 122 Å². The molecule has 4 nitrogen and oxygen atoms in total. The van der Waals surface area contributed by atoms with E-state index in [1.165, 1.54) is 0 Å². The van der Waals surface area contributed by atoms with Gasteiger partial charge in [-0.25, -0.2) is 4.79 Å². The van der Waals surface area contributed by atoms with Gasteiger partial charge in [-0.1, -0.05) is 29.8 Å². The molecule has 5 heteroatoms. The van der Waals surface area contributed by atoms with Crippen LogP contribution in [0.25, 0.3) is 0 Å². The molecule has 0 radical (unpaired) electrons. The number of nitrogens with two attached hydrogens (primary N) is 1. The van der Waals surface area contributed by atoms with Crippen LogP contribution in [0.1, 0.15) is 18.5 Å². The zero-order valence-electron chi connectivity index (χ0n) is 11.1. The van der Waals surface area contributed by atoms with Crippen LogP contribution >= 0.6 is 11.6 Å². The molecule has 0 aliphatic heterocycles. The fourth-order valence-corrected chi connectivity index (χ4v) is 2.25. The zero-order chi connectivity index (χ0) is 14.5. The fourth-order valence-electron chi connectivity index (χ4n) is 1.95. The summed E-state index contributed by atoms with van der Waals surface area (Å²) in [5.41, 5.74) is 7.69. The third kappa shape index (κ3) is 3.65. The van der Waals surface area contributed by atoms with E-state index in [-0.39, 0.29) is 6.04 Å². The number of anilines is 2. The number of hydrogen-bond donors (Lipinski definition) is 3. The van der Waals surface area contributed by atoms with Crippen LogP contribution < -0.4 is 16.4 Å². The van der Waals surface area contributed by atoms with Crippen LogP contribution in [0.3, 0.4) is 0 Å². The number of amides is 2. The van der Waals surface area contributed by atoms with E-state index >= 15 is 0 Å². The van der Waals surface area contributed by atoms with Crippen LogP contribution in [0.2, 0.25) is 5.02 Å². The Kier molecular flexibility index (Phi) is 4.48. The molecule has 0 saturated carbocycles. The lowest BCUT2D eigenvalue weighted by atomic mass is 10.1. The first kappa shape index (κ1) is 14.2. The second kappa shape index (κ2) is 6.30. The molecule has 1 atom stereocenters. The standard InChI is InChI=1S/C15H16ClN3O/c1-10(13-4-2-3-5-14(13)16)18-11-6-8-12(9-7-11)19-15(17)20/h2-10,18H,1H3,(H3,17,19,20). The van der Waals surface area contributed by atoms with E-state index in [0.29, 0.717) is 5.69 Å². The minimum Gasteiger partial charge on any atom is -0.378 e. The van der Waals surface area contributed by atoms with E-state index in [9.17, 15) is 4.79 Å². The van der Waals surface area contributed by atoms with Crippen LogP contribution in [-0.4, -0.2) is 6.03 Å². The van der Waals surface area contributed by atoms with Crippen molar-refractivity contribution in [2.24, 2.45) is 5.73 Å². The molecule has 104 valence electrons. The highest BCUT2D eigenvalue weighted by molar-refractivity contribution is 6.31. The van der Waals surface area contributed by atoms with Gasteiger partial charge in [-0.3, -0.25) is 0 Å². The summed E-state index contributed by atoms with van der Waals surface area (Å²) in [5, 5.41) is 6.60. The van der Waals surface area contributed by atoms with Crippen LogP contribution in [0.4, 0.5) is 16.2 Å². The molecule has 20 heavy (non-hydrogen) atoms. The molecule has 0 bridgehead atoms. The van der Waals surface area contributed by atoms with Gasteiger partial charge < -0.3 is 16.4 Å². The quantitative estimate of drug-likeness (QED) is 0.796. The second-order valence-electron chi connectivity index (χ2n) is 4.45. The summed E-state index contributed by atoms with van der Waals surface area (Å²) < 4.78 is 0. The molecule has 0 fully saturated rings. The normalized spacial score (nSPS) is 11.7. The van der Waals surface area contributed by atoms with Crippen LogP contribution in [0, 0.1) is 0 Å². The Morgan fingerprint density at radius 1 is 1.10 bits per heavy atom. The summed E-state index contributed by atoms with van der Waals surface area (Å²) in [6, 6.07) is 14.5. The van der Waals surface area contributed by atoms with Crippen molar-refractivity contribution in [3.63, 3.8) is 0 Å². The number of urea groups is 1. The molecule has 0 aliphatic carbocycles. The van der Waals surface area contributed by atoms with Crippen molar-refractivity contribution in [1.82, 2.24) is 0 Å². The maximum atomic E-state index is 10.7. The molecule has 0 heterocycles. The third-order valence-electron chi connectivity index (χ3n) is 2.91. The molecule has 1 unspecified atom stereocenters. The Bertz CT molecular complexity index is 598. The van der Waals surface area contributed by atoms with Gasteiger partial charge in [0.25, 0.3) is 0 Å². The minimum absolute atomic E-state index is 0.0821. The van der Waals surface area contributed by atoms with Crippen molar-refractivity contribution in [2.45, 2.75) is 13.0 Å². The van der Waals surface area contributed by atoms with Crippen molar-refractivity contribution in [3.05, 3.63) is 59.1 Å². The monoisotopic (exact) mass is 289 g/mol. The molecule has 2 aromatic carbocycles. The van der Waals surface area contributed by atoms with E-state index in [4.69, 9.17) is 17.3 Å². The number of hydrogen-bond acceptors (Lipinski definition) is 2. The maximum absolute atomic E-state index is 10.7. The van der Waals surface area contributed by atoms with Gasteiger partial charge in [0.1, 0.15) is 0 Å². The fraction of sp³-hybridized carbons (Fsp3) is 0.133. The summed E-state index contributed by atoms with van der Waals surface area (Å²) in [6.07, 6.45) is 0. The molecule has 0 spiro atoms. The van der Waals surface area contributed by atoms with Gasteiger partial charge >= 0.3 is 6.03 Å². The molecule has 2 rings (SSSR count). The Morgan fingerprint density at radius 2 is 1.70 bits per heavy atom. The predicted molar refractivity (Wildman–Crippen MR) is 83.1 cm³/mol. The lowest BCUT2D eigenvalue weighted by molar-refractivity contribution is 0.259. The van der Waals surface area contributed by atoms with Gasteiger partial charge in [0.2, 0.25) is 0 Å². The highest BCUT2D eigenvalue weighted by Crippen LogP contribution is 2.26. The molecular weight excluding hydrogens is 274 g/mol. The number of carbonyl (C=O) groups excluding carboxylic acids is 1. The number of benzene rings is 2. The van der Waals surface area contributed by atoms with Crippen LogP contribution in [0.15, 0.2) is 48.5 Å². The predicted octanol–water partition coefficient (Wildman–Crippen LogP) is 4.00. The largest absolute Gasteiger partial charge is 0.378 e. The highest BCUT2D eigenvalue weighted by Gasteiger charge is 2.08. The van der Waals surface area contributed by atoms with Crippen LogP contribution in [0.5, 0.6) is 0 Å². The van der Waals surface area contributed by atoms with Gasteiger partial charge in [0.15, 0.2) is 0 Å². The molecule has 4 N–H and O–H groups in total. The van der Waals surface area contributed by atoms with E-state index < -0.39 is 6.03 Å². The maximum Gasteiger partial charge on any atom is 0.316 e. The van der Waals surface area contributed by atoms with Crippen molar-refractivity contribution >= 4 is 29.0 Å². The Hall–Kier alpha value is -2.20. The van der Waals surface area contributed by atoms with Crippen molar-refractivity contribution < 1.29 is 4.79 Å². The molecule has 2 amide bonds. The van der Waals surface area contributed by atoms with Gasteiger partial charge in [-0.15, -0.1) is 0 Å². The number of rotatable bonds is 4.